The Morgan fingerprint density at radius 2 is 1.81 bits per heavy atom. The molecule has 0 bridgehead atoms. The normalized spacial score (nSPS) is 11.7. The number of nitrogens with zero attached hydrogens (tertiary/aromatic N) is 2. The first-order valence-corrected chi connectivity index (χ1v) is 11.0. The van der Waals surface area contributed by atoms with Crippen molar-refractivity contribution in [2.45, 2.75) is 19.8 Å². The Kier molecular flexibility index (Phi) is 7.15. The minimum atomic E-state index is -3.62. The molecule has 0 spiro atoms. The van der Waals surface area contributed by atoms with Crippen LogP contribution in [0.15, 0.2) is 58.1 Å². The Labute approximate surface area is 168 Å². The smallest absolute Gasteiger partial charge is 0.260 e. The molecule has 0 aliphatic carbocycles. The first-order valence-electron chi connectivity index (χ1n) is 8.32. The highest BCUT2D eigenvalue weighted by Gasteiger charge is 2.20. The maximum absolute atomic E-state index is 12.2. The monoisotopic (exact) mass is 451 g/mol. The third-order valence-corrected chi connectivity index (χ3v) is 5.70. The molecule has 0 aliphatic heterocycles. The second-order valence-electron chi connectivity index (χ2n) is 6.33. The number of rotatable bonds is 7. The summed E-state index contributed by atoms with van der Waals surface area (Å²) >= 11 is 3.38. The van der Waals surface area contributed by atoms with E-state index in [1.54, 1.807) is 12.1 Å². The summed E-state index contributed by atoms with van der Waals surface area (Å²) in [5, 5.41) is 3.89. The fourth-order valence-electron chi connectivity index (χ4n) is 2.34. The molecule has 0 fully saturated rings. The van der Waals surface area contributed by atoms with Gasteiger partial charge in [0.05, 0.1) is 18.2 Å². The summed E-state index contributed by atoms with van der Waals surface area (Å²) in [5.41, 5.74) is 4.69. The van der Waals surface area contributed by atoms with Crippen LogP contribution in [0.4, 0.5) is 5.69 Å². The average molecular weight is 452 g/mol. The van der Waals surface area contributed by atoms with Gasteiger partial charge in [0.15, 0.2) is 0 Å². The SMILES string of the molecule is CC(C)c1ccc(N(CC(=O)N/N=C\c2ccccc2Br)S(C)(=O)=O)cc1. The Hall–Kier alpha value is -2.19. The third kappa shape index (κ3) is 6.18. The predicted molar refractivity (Wildman–Crippen MR) is 113 cm³/mol. The lowest BCUT2D eigenvalue weighted by atomic mass is 10.0. The fraction of sp³-hybridized carbons (Fsp3) is 0.263. The van der Waals surface area contributed by atoms with Gasteiger partial charge < -0.3 is 0 Å². The van der Waals surface area contributed by atoms with Gasteiger partial charge in [-0.3, -0.25) is 9.10 Å². The van der Waals surface area contributed by atoms with Crippen molar-refractivity contribution in [1.82, 2.24) is 5.43 Å². The van der Waals surface area contributed by atoms with Gasteiger partial charge in [-0.25, -0.2) is 13.8 Å². The van der Waals surface area contributed by atoms with Crippen LogP contribution in [0.2, 0.25) is 0 Å². The Morgan fingerprint density at radius 3 is 2.37 bits per heavy atom. The highest BCUT2D eigenvalue weighted by atomic mass is 79.9. The number of benzene rings is 2. The molecule has 27 heavy (non-hydrogen) atoms. The number of carbonyl (C=O) groups is 1. The minimum Gasteiger partial charge on any atom is -0.271 e. The molecule has 2 rings (SSSR count). The molecule has 2 aromatic carbocycles. The molecular formula is C19H22BrN3O3S. The van der Waals surface area contributed by atoms with Gasteiger partial charge in [0.2, 0.25) is 10.0 Å². The molecule has 6 nitrogen and oxygen atoms in total. The van der Waals surface area contributed by atoms with E-state index in [9.17, 15) is 13.2 Å². The van der Waals surface area contributed by atoms with E-state index in [4.69, 9.17) is 0 Å². The van der Waals surface area contributed by atoms with Crippen molar-refractivity contribution in [2.75, 3.05) is 17.1 Å². The van der Waals surface area contributed by atoms with Gasteiger partial charge in [-0.1, -0.05) is 60.1 Å². The molecule has 8 heteroatoms. The van der Waals surface area contributed by atoms with Crippen molar-refractivity contribution >= 4 is 43.8 Å². The molecule has 1 amide bonds. The van der Waals surface area contributed by atoms with Gasteiger partial charge in [-0.05, 0) is 29.7 Å². The molecule has 0 saturated heterocycles. The third-order valence-electron chi connectivity index (χ3n) is 3.83. The zero-order valence-electron chi connectivity index (χ0n) is 15.4. The molecule has 0 saturated carbocycles. The summed E-state index contributed by atoms with van der Waals surface area (Å²) in [6.07, 6.45) is 2.56. The second kappa shape index (κ2) is 9.14. The Bertz CT molecular complexity index is 925. The molecule has 0 radical (unpaired) electrons. The van der Waals surface area contributed by atoms with Crippen LogP contribution in [0.25, 0.3) is 0 Å². The fourth-order valence-corrected chi connectivity index (χ4v) is 3.59. The summed E-state index contributed by atoms with van der Waals surface area (Å²) < 4.78 is 26.1. The average Bonchev–Trinajstić information content (AvgIpc) is 2.60. The van der Waals surface area contributed by atoms with Crippen molar-refractivity contribution in [3.05, 3.63) is 64.1 Å². The molecular weight excluding hydrogens is 430 g/mol. The Balaban J connectivity index is 2.10. The van der Waals surface area contributed by atoms with E-state index >= 15 is 0 Å². The van der Waals surface area contributed by atoms with Crippen molar-refractivity contribution in [3.8, 4) is 0 Å². The van der Waals surface area contributed by atoms with E-state index in [0.29, 0.717) is 11.6 Å². The molecule has 2 aromatic rings. The lowest BCUT2D eigenvalue weighted by molar-refractivity contribution is -0.119. The molecule has 0 heterocycles. The minimum absolute atomic E-state index is 0.334. The number of hydrazone groups is 1. The summed E-state index contributed by atoms with van der Waals surface area (Å²) in [6.45, 7) is 3.76. The van der Waals surface area contributed by atoms with Crippen molar-refractivity contribution < 1.29 is 13.2 Å². The van der Waals surface area contributed by atoms with Crippen LogP contribution in [0.1, 0.15) is 30.9 Å². The first-order chi connectivity index (χ1) is 12.7. The van der Waals surface area contributed by atoms with Crippen LogP contribution < -0.4 is 9.73 Å². The van der Waals surface area contributed by atoms with Crippen LogP contribution in [0.3, 0.4) is 0 Å². The number of halogens is 1. The van der Waals surface area contributed by atoms with Gasteiger partial charge in [0.1, 0.15) is 6.54 Å². The van der Waals surface area contributed by atoms with Crippen LogP contribution in [0, 0.1) is 0 Å². The number of amides is 1. The van der Waals surface area contributed by atoms with E-state index in [2.05, 4.69) is 40.3 Å². The van der Waals surface area contributed by atoms with Crippen LogP contribution in [0.5, 0.6) is 0 Å². The second-order valence-corrected chi connectivity index (χ2v) is 9.09. The summed E-state index contributed by atoms with van der Waals surface area (Å²) in [7, 11) is -3.62. The van der Waals surface area contributed by atoms with Crippen molar-refractivity contribution in [3.63, 3.8) is 0 Å². The topological polar surface area (TPSA) is 78.8 Å². The maximum Gasteiger partial charge on any atom is 0.260 e. The first kappa shape index (κ1) is 21.1. The van der Waals surface area contributed by atoms with Gasteiger partial charge in [-0.2, -0.15) is 5.10 Å². The number of carbonyl (C=O) groups excluding carboxylic acids is 1. The lowest BCUT2D eigenvalue weighted by Crippen LogP contribution is -2.39. The van der Waals surface area contributed by atoms with E-state index in [1.807, 2.05) is 36.4 Å². The van der Waals surface area contributed by atoms with Crippen LogP contribution in [-0.2, 0) is 14.8 Å². The lowest BCUT2D eigenvalue weighted by Gasteiger charge is -2.21. The zero-order chi connectivity index (χ0) is 20.0. The number of hydrogen-bond donors (Lipinski definition) is 1. The van der Waals surface area contributed by atoms with Crippen LogP contribution >= 0.6 is 15.9 Å². The highest BCUT2D eigenvalue weighted by molar-refractivity contribution is 9.10. The summed E-state index contributed by atoms with van der Waals surface area (Å²) in [5.74, 6) is -0.197. The van der Waals surface area contributed by atoms with Crippen LogP contribution in [-0.4, -0.2) is 33.3 Å². The van der Waals surface area contributed by atoms with E-state index in [0.717, 1.165) is 26.2 Å². The number of hydrogen-bond acceptors (Lipinski definition) is 4. The Morgan fingerprint density at radius 1 is 1.19 bits per heavy atom. The number of sulfonamides is 1. The highest BCUT2D eigenvalue weighted by Crippen LogP contribution is 2.21. The molecule has 1 N–H and O–H groups in total. The van der Waals surface area contributed by atoms with Crippen molar-refractivity contribution in [2.24, 2.45) is 5.10 Å². The zero-order valence-corrected chi connectivity index (χ0v) is 17.8. The maximum atomic E-state index is 12.2. The largest absolute Gasteiger partial charge is 0.271 e. The molecule has 0 atom stereocenters. The predicted octanol–water partition coefficient (Wildman–Crippen LogP) is 3.49. The number of anilines is 1. The van der Waals surface area contributed by atoms with Gasteiger partial charge in [-0.15, -0.1) is 0 Å². The van der Waals surface area contributed by atoms with Gasteiger partial charge in [0.25, 0.3) is 5.91 Å². The van der Waals surface area contributed by atoms with Gasteiger partial charge >= 0.3 is 0 Å². The quantitative estimate of drug-likeness (QED) is 0.516. The number of nitrogens with one attached hydrogen (secondary N) is 1. The molecule has 0 unspecified atom stereocenters. The standard InChI is InChI=1S/C19H22BrN3O3S/c1-14(2)15-8-10-17(11-9-15)23(27(3,25)26)13-19(24)22-21-12-16-6-4-5-7-18(16)20/h4-12,14H,13H2,1-3H3,(H,22,24)/b21-12-. The molecule has 0 aromatic heterocycles. The van der Waals surface area contributed by atoms with E-state index < -0.39 is 15.9 Å². The van der Waals surface area contributed by atoms with Gasteiger partial charge in [0, 0.05) is 10.0 Å². The molecule has 144 valence electrons. The van der Waals surface area contributed by atoms with E-state index in [1.165, 1.54) is 6.21 Å². The summed E-state index contributed by atoms with van der Waals surface area (Å²) in [4.78, 5) is 12.2. The van der Waals surface area contributed by atoms with Crippen molar-refractivity contribution in [1.29, 1.82) is 0 Å². The molecule has 0 aliphatic rings. The van der Waals surface area contributed by atoms with E-state index in [-0.39, 0.29) is 6.54 Å². The summed E-state index contributed by atoms with van der Waals surface area (Å²) in [6, 6.07) is 14.5.